The third kappa shape index (κ3) is 4.02. The molecule has 0 amide bonds. The van der Waals surface area contributed by atoms with Gasteiger partial charge in [-0.25, -0.2) is 9.97 Å². The highest BCUT2D eigenvalue weighted by Gasteiger charge is 2.05. The zero-order valence-corrected chi connectivity index (χ0v) is 11.2. The van der Waals surface area contributed by atoms with Gasteiger partial charge in [-0.05, 0) is 30.2 Å². The molecule has 5 nitrogen and oxygen atoms in total. The van der Waals surface area contributed by atoms with E-state index in [4.69, 9.17) is 21.4 Å². The number of aliphatic hydroxyl groups excluding tert-OH is 1. The standard InChI is InChI=1S/C13H16ClN3O2/c14-13-16-11-5-2-1-4-10(11)12(17-13)15-6-3-8-19-9-7-18/h1-2,4-5,18H,3,6-9H2,(H,15,16,17). The third-order valence-corrected chi connectivity index (χ3v) is 2.74. The molecule has 0 unspecified atom stereocenters. The number of ether oxygens (including phenoxy) is 1. The van der Waals surface area contributed by atoms with Gasteiger partial charge in [-0.2, -0.15) is 0 Å². The Labute approximate surface area is 116 Å². The van der Waals surface area contributed by atoms with Crippen LogP contribution in [0.3, 0.4) is 0 Å². The largest absolute Gasteiger partial charge is 0.394 e. The highest BCUT2D eigenvalue weighted by Crippen LogP contribution is 2.21. The van der Waals surface area contributed by atoms with Gasteiger partial charge in [0.1, 0.15) is 5.82 Å². The number of nitrogens with zero attached hydrogens (tertiary/aromatic N) is 2. The number of aliphatic hydroxyl groups is 1. The average Bonchev–Trinajstić information content (AvgIpc) is 2.42. The molecular formula is C13H16ClN3O2. The van der Waals surface area contributed by atoms with E-state index in [9.17, 15) is 0 Å². The van der Waals surface area contributed by atoms with Crippen LogP contribution in [0.25, 0.3) is 10.9 Å². The number of hydrogen-bond acceptors (Lipinski definition) is 5. The Morgan fingerprint density at radius 2 is 2.05 bits per heavy atom. The Morgan fingerprint density at radius 1 is 1.21 bits per heavy atom. The van der Waals surface area contributed by atoms with Crippen LogP contribution in [0.15, 0.2) is 24.3 Å². The van der Waals surface area contributed by atoms with Gasteiger partial charge in [0.05, 0.1) is 18.7 Å². The van der Waals surface area contributed by atoms with Crippen LogP contribution in [0, 0.1) is 0 Å². The topological polar surface area (TPSA) is 67.3 Å². The van der Waals surface area contributed by atoms with Crippen molar-refractivity contribution in [3.63, 3.8) is 0 Å². The van der Waals surface area contributed by atoms with Gasteiger partial charge >= 0.3 is 0 Å². The molecule has 2 rings (SSSR count). The van der Waals surface area contributed by atoms with Crippen LogP contribution in [-0.4, -0.2) is 41.4 Å². The lowest BCUT2D eigenvalue weighted by molar-refractivity contribution is 0.0922. The summed E-state index contributed by atoms with van der Waals surface area (Å²) in [6.07, 6.45) is 0.829. The number of anilines is 1. The predicted octanol–water partition coefficient (Wildman–Crippen LogP) is 2.09. The Balaban J connectivity index is 1.96. The highest BCUT2D eigenvalue weighted by molar-refractivity contribution is 6.28. The van der Waals surface area contributed by atoms with E-state index in [2.05, 4.69) is 15.3 Å². The van der Waals surface area contributed by atoms with Crippen molar-refractivity contribution in [3.8, 4) is 0 Å². The van der Waals surface area contributed by atoms with E-state index in [-0.39, 0.29) is 11.9 Å². The zero-order valence-electron chi connectivity index (χ0n) is 10.5. The third-order valence-electron chi connectivity index (χ3n) is 2.57. The molecule has 1 aromatic heterocycles. The smallest absolute Gasteiger partial charge is 0.224 e. The highest BCUT2D eigenvalue weighted by atomic mass is 35.5. The van der Waals surface area contributed by atoms with Crippen LogP contribution in [0.5, 0.6) is 0 Å². The van der Waals surface area contributed by atoms with Crippen LogP contribution in [-0.2, 0) is 4.74 Å². The molecule has 0 spiro atoms. The number of halogens is 1. The Bertz CT molecular complexity index is 536. The lowest BCUT2D eigenvalue weighted by Crippen LogP contribution is -2.09. The molecule has 6 heteroatoms. The molecule has 0 aliphatic carbocycles. The van der Waals surface area contributed by atoms with E-state index in [1.54, 1.807) is 0 Å². The van der Waals surface area contributed by atoms with Gasteiger partial charge in [-0.3, -0.25) is 0 Å². The van der Waals surface area contributed by atoms with E-state index in [0.29, 0.717) is 13.2 Å². The van der Waals surface area contributed by atoms with E-state index in [1.165, 1.54) is 0 Å². The van der Waals surface area contributed by atoms with E-state index in [0.717, 1.165) is 29.7 Å². The van der Waals surface area contributed by atoms with Crippen molar-refractivity contribution in [3.05, 3.63) is 29.5 Å². The van der Waals surface area contributed by atoms with Gasteiger partial charge in [0.15, 0.2) is 0 Å². The maximum Gasteiger partial charge on any atom is 0.224 e. The molecule has 0 radical (unpaired) electrons. The summed E-state index contributed by atoms with van der Waals surface area (Å²) in [5.74, 6) is 0.734. The maximum absolute atomic E-state index is 8.58. The summed E-state index contributed by atoms with van der Waals surface area (Å²) in [7, 11) is 0. The molecule has 1 aromatic carbocycles. The maximum atomic E-state index is 8.58. The predicted molar refractivity (Wildman–Crippen MR) is 75.6 cm³/mol. The minimum atomic E-state index is 0.0551. The number of nitrogens with one attached hydrogen (secondary N) is 1. The quantitative estimate of drug-likeness (QED) is 0.601. The molecule has 0 aliphatic heterocycles. The van der Waals surface area contributed by atoms with Crippen molar-refractivity contribution in [1.82, 2.24) is 9.97 Å². The first-order valence-electron chi connectivity index (χ1n) is 6.16. The van der Waals surface area contributed by atoms with Gasteiger partial charge in [0.25, 0.3) is 0 Å². The Kier molecular flexibility index (Phi) is 5.32. The molecule has 0 aliphatic rings. The van der Waals surface area contributed by atoms with E-state index in [1.807, 2.05) is 24.3 Å². The first-order chi connectivity index (χ1) is 9.31. The van der Waals surface area contributed by atoms with Gasteiger partial charge in [0, 0.05) is 18.5 Å². The lowest BCUT2D eigenvalue weighted by atomic mass is 10.2. The second-order valence-corrected chi connectivity index (χ2v) is 4.31. The van der Waals surface area contributed by atoms with Crippen LogP contribution < -0.4 is 5.32 Å². The summed E-state index contributed by atoms with van der Waals surface area (Å²) in [5.41, 5.74) is 0.821. The molecule has 0 saturated heterocycles. The van der Waals surface area contributed by atoms with Gasteiger partial charge < -0.3 is 15.2 Å². The van der Waals surface area contributed by atoms with Crippen LogP contribution in [0.2, 0.25) is 5.28 Å². The molecule has 0 saturated carbocycles. The average molecular weight is 282 g/mol. The van der Waals surface area contributed by atoms with Crippen molar-refractivity contribution in [2.24, 2.45) is 0 Å². The van der Waals surface area contributed by atoms with Crippen LogP contribution >= 0.6 is 11.6 Å². The fraction of sp³-hybridized carbons (Fsp3) is 0.385. The van der Waals surface area contributed by atoms with E-state index >= 15 is 0 Å². The Hall–Kier alpha value is -1.43. The summed E-state index contributed by atoms with van der Waals surface area (Å²) in [6, 6.07) is 7.71. The van der Waals surface area contributed by atoms with Crippen molar-refractivity contribution in [1.29, 1.82) is 0 Å². The summed E-state index contributed by atoms with van der Waals surface area (Å²) in [4.78, 5) is 8.36. The fourth-order valence-corrected chi connectivity index (χ4v) is 1.91. The first kappa shape index (κ1) is 14.0. The lowest BCUT2D eigenvalue weighted by Gasteiger charge is -2.09. The van der Waals surface area contributed by atoms with Crippen molar-refractivity contribution >= 4 is 28.3 Å². The van der Waals surface area contributed by atoms with Crippen molar-refractivity contribution in [2.45, 2.75) is 6.42 Å². The molecule has 2 aromatic rings. The van der Waals surface area contributed by atoms with Gasteiger partial charge in [-0.1, -0.05) is 12.1 Å². The van der Waals surface area contributed by atoms with Crippen molar-refractivity contribution in [2.75, 3.05) is 31.7 Å². The first-order valence-corrected chi connectivity index (χ1v) is 6.54. The Morgan fingerprint density at radius 3 is 2.89 bits per heavy atom. The molecule has 19 heavy (non-hydrogen) atoms. The molecule has 102 valence electrons. The minimum absolute atomic E-state index is 0.0551. The number of rotatable bonds is 7. The normalized spacial score (nSPS) is 10.8. The minimum Gasteiger partial charge on any atom is -0.394 e. The zero-order chi connectivity index (χ0) is 13.5. The molecule has 0 atom stereocenters. The number of fused-ring (bicyclic) bond motifs is 1. The van der Waals surface area contributed by atoms with Crippen LogP contribution in [0.4, 0.5) is 5.82 Å². The second kappa shape index (κ2) is 7.23. The molecule has 0 bridgehead atoms. The number of aromatic nitrogens is 2. The monoisotopic (exact) mass is 281 g/mol. The second-order valence-electron chi connectivity index (χ2n) is 3.97. The molecule has 2 N–H and O–H groups in total. The summed E-state index contributed by atoms with van der Waals surface area (Å²) in [5, 5.41) is 13.0. The number of benzene rings is 1. The summed E-state index contributed by atoms with van der Waals surface area (Å²) in [6.45, 7) is 1.76. The van der Waals surface area contributed by atoms with Crippen LogP contribution in [0.1, 0.15) is 6.42 Å². The van der Waals surface area contributed by atoms with E-state index < -0.39 is 0 Å². The number of para-hydroxylation sites is 1. The summed E-state index contributed by atoms with van der Waals surface area (Å²) >= 11 is 5.89. The summed E-state index contributed by atoms with van der Waals surface area (Å²) < 4.78 is 5.18. The fourth-order valence-electron chi connectivity index (χ4n) is 1.73. The molecule has 1 heterocycles. The number of hydrogen-bond donors (Lipinski definition) is 2. The SMILES string of the molecule is OCCOCCCNc1nc(Cl)nc2ccccc12. The molecular weight excluding hydrogens is 266 g/mol. The van der Waals surface area contributed by atoms with Crippen molar-refractivity contribution < 1.29 is 9.84 Å². The van der Waals surface area contributed by atoms with Gasteiger partial charge in [-0.15, -0.1) is 0 Å². The van der Waals surface area contributed by atoms with Gasteiger partial charge in [0.2, 0.25) is 5.28 Å². The molecule has 0 fully saturated rings.